The first-order valence-electron chi connectivity index (χ1n) is 9.11. The van der Waals surface area contributed by atoms with E-state index in [-0.39, 0.29) is 0 Å². The molecule has 6 nitrogen and oxygen atoms in total. The second-order valence-corrected chi connectivity index (χ2v) is 6.72. The van der Waals surface area contributed by atoms with Gasteiger partial charge >= 0.3 is 6.18 Å². The van der Waals surface area contributed by atoms with Gasteiger partial charge in [0.05, 0.1) is 18.3 Å². The number of nitrogens with zero attached hydrogens (tertiary/aromatic N) is 4. The molecule has 28 heavy (non-hydrogen) atoms. The number of likely N-dealkylation sites (tertiary alicyclic amines) is 1. The van der Waals surface area contributed by atoms with Crippen LogP contribution in [0.5, 0.6) is 5.75 Å². The van der Waals surface area contributed by atoms with Crippen LogP contribution in [-0.2, 0) is 13.2 Å². The normalized spacial score (nSPS) is 17.8. The number of rotatable bonds is 5. The van der Waals surface area contributed by atoms with Gasteiger partial charge in [0.1, 0.15) is 12.4 Å². The van der Waals surface area contributed by atoms with Crippen LogP contribution in [0.2, 0.25) is 0 Å². The van der Waals surface area contributed by atoms with Crippen LogP contribution in [0, 0.1) is 0 Å². The Bertz CT molecular complexity index is 801. The number of halogens is 3. The maximum Gasteiger partial charge on any atom is 0.416 e. The molecule has 1 unspecified atom stereocenters. The fraction of sp³-hybridized carbons (Fsp3) is 0.474. The van der Waals surface area contributed by atoms with Crippen molar-refractivity contribution in [2.45, 2.75) is 18.5 Å². The Morgan fingerprint density at radius 1 is 1.32 bits per heavy atom. The number of guanidine groups is 1. The van der Waals surface area contributed by atoms with Crippen LogP contribution in [0.25, 0.3) is 0 Å². The van der Waals surface area contributed by atoms with Gasteiger partial charge in [-0.05, 0) is 36.2 Å². The van der Waals surface area contributed by atoms with Crippen LogP contribution >= 0.6 is 0 Å². The Kier molecular flexibility index (Phi) is 6.11. The fourth-order valence-corrected chi connectivity index (χ4v) is 3.28. The molecular weight excluding hydrogens is 371 g/mol. The van der Waals surface area contributed by atoms with E-state index in [0.717, 1.165) is 37.6 Å². The quantitative estimate of drug-likeness (QED) is 0.481. The summed E-state index contributed by atoms with van der Waals surface area (Å²) >= 11 is 0. The van der Waals surface area contributed by atoms with Gasteiger partial charge in [-0.25, -0.2) is 0 Å². The van der Waals surface area contributed by atoms with Crippen molar-refractivity contribution in [2.75, 3.05) is 33.3 Å². The maximum absolute atomic E-state index is 12.6. The number of hydrogen-bond acceptors (Lipinski definition) is 3. The highest BCUT2D eigenvalue weighted by Gasteiger charge is 2.30. The molecule has 1 fully saturated rings. The van der Waals surface area contributed by atoms with Crippen LogP contribution in [-0.4, -0.2) is 53.9 Å². The molecule has 0 aliphatic carbocycles. The average Bonchev–Trinajstić information content (AvgIpc) is 3.30. The summed E-state index contributed by atoms with van der Waals surface area (Å²) in [7, 11) is 3.64. The fourth-order valence-electron chi connectivity index (χ4n) is 3.28. The Labute approximate surface area is 162 Å². The van der Waals surface area contributed by atoms with Crippen molar-refractivity contribution >= 4 is 5.96 Å². The van der Waals surface area contributed by atoms with E-state index in [2.05, 4.69) is 20.3 Å². The van der Waals surface area contributed by atoms with Crippen LogP contribution in [0.4, 0.5) is 13.2 Å². The molecule has 1 aromatic carbocycles. The molecular formula is C19H24F3N5O. The number of ether oxygens (including phenoxy) is 1. The summed E-state index contributed by atoms with van der Waals surface area (Å²) in [6, 6.07) is 4.70. The molecule has 2 aromatic rings. The first-order chi connectivity index (χ1) is 13.4. The lowest BCUT2D eigenvalue weighted by Crippen LogP contribution is -2.41. The second-order valence-electron chi connectivity index (χ2n) is 6.72. The summed E-state index contributed by atoms with van der Waals surface area (Å²) in [5, 5.41) is 7.48. The Morgan fingerprint density at radius 3 is 2.68 bits per heavy atom. The average molecular weight is 395 g/mol. The third-order valence-corrected chi connectivity index (χ3v) is 4.73. The summed E-state index contributed by atoms with van der Waals surface area (Å²) < 4.78 is 45.0. The number of aryl methyl sites for hydroxylation is 1. The lowest BCUT2D eigenvalue weighted by molar-refractivity contribution is -0.137. The topological polar surface area (TPSA) is 54.7 Å². The van der Waals surface area contributed by atoms with Crippen molar-refractivity contribution in [1.82, 2.24) is 20.0 Å². The molecule has 0 bridgehead atoms. The van der Waals surface area contributed by atoms with Crippen molar-refractivity contribution in [3.8, 4) is 5.75 Å². The zero-order valence-electron chi connectivity index (χ0n) is 15.9. The highest BCUT2D eigenvalue weighted by molar-refractivity contribution is 5.80. The first kappa shape index (κ1) is 20.0. The number of benzene rings is 1. The third-order valence-electron chi connectivity index (χ3n) is 4.73. The van der Waals surface area contributed by atoms with Gasteiger partial charge < -0.3 is 15.0 Å². The number of alkyl halides is 3. The van der Waals surface area contributed by atoms with Crippen molar-refractivity contribution in [3.05, 3.63) is 47.8 Å². The van der Waals surface area contributed by atoms with Crippen LogP contribution < -0.4 is 10.1 Å². The van der Waals surface area contributed by atoms with Crippen LogP contribution in [0.3, 0.4) is 0 Å². The molecule has 0 saturated carbocycles. The van der Waals surface area contributed by atoms with Crippen LogP contribution in [0.1, 0.15) is 23.5 Å². The molecule has 1 aliphatic heterocycles. The summed E-state index contributed by atoms with van der Waals surface area (Å²) in [6.07, 6.45) is 0.648. The predicted octanol–water partition coefficient (Wildman–Crippen LogP) is 2.88. The zero-order valence-corrected chi connectivity index (χ0v) is 15.9. The monoisotopic (exact) mass is 395 g/mol. The summed E-state index contributed by atoms with van der Waals surface area (Å²) in [6.45, 7) is 2.59. The molecule has 152 valence electrons. The highest BCUT2D eigenvalue weighted by atomic mass is 19.4. The standard InChI is InChI=1S/C19H24F3N5O/c1-23-18(27-9-7-14(13-27)15-11-25-26(2)12-15)24-8-10-28-17-5-3-16(4-6-17)19(20,21)22/h3-6,11-12,14H,7-10,13H2,1-2H3,(H,23,24). The molecule has 0 amide bonds. The maximum atomic E-state index is 12.6. The smallest absolute Gasteiger partial charge is 0.416 e. The minimum absolute atomic E-state index is 0.324. The van der Waals surface area contributed by atoms with Gasteiger partial charge in [-0.2, -0.15) is 18.3 Å². The third kappa shape index (κ3) is 4.96. The molecule has 1 saturated heterocycles. The van der Waals surface area contributed by atoms with Gasteiger partial charge in [-0.1, -0.05) is 0 Å². The van der Waals surface area contributed by atoms with Crippen LogP contribution in [0.15, 0.2) is 41.7 Å². The molecule has 1 atom stereocenters. The molecule has 9 heteroatoms. The Hall–Kier alpha value is -2.71. The minimum Gasteiger partial charge on any atom is -0.492 e. The minimum atomic E-state index is -4.34. The van der Waals surface area contributed by atoms with Crippen molar-refractivity contribution in [1.29, 1.82) is 0 Å². The number of aliphatic imine (C=N–C) groups is 1. The predicted molar refractivity (Wildman–Crippen MR) is 100 cm³/mol. The van der Waals surface area contributed by atoms with E-state index >= 15 is 0 Å². The van der Waals surface area contributed by atoms with Gasteiger partial charge in [0, 0.05) is 39.3 Å². The van der Waals surface area contributed by atoms with E-state index in [0.29, 0.717) is 24.8 Å². The van der Waals surface area contributed by atoms with Crippen molar-refractivity contribution in [2.24, 2.45) is 12.0 Å². The molecule has 2 heterocycles. The van der Waals surface area contributed by atoms with Gasteiger partial charge in [0.15, 0.2) is 5.96 Å². The highest BCUT2D eigenvalue weighted by Crippen LogP contribution is 2.30. The second kappa shape index (κ2) is 8.53. The molecule has 1 aliphatic rings. The van der Waals surface area contributed by atoms with Crippen molar-refractivity contribution in [3.63, 3.8) is 0 Å². The number of hydrogen-bond donors (Lipinski definition) is 1. The number of nitrogens with one attached hydrogen (secondary N) is 1. The number of aromatic nitrogens is 2. The molecule has 1 aromatic heterocycles. The lowest BCUT2D eigenvalue weighted by atomic mass is 10.0. The van der Waals surface area contributed by atoms with E-state index in [9.17, 15) is 13.2 Å². The first-order valence-corrected chi connectivity index (χ1v) is 9.11. The Morgan fingerprint density at radius 2 is 2.07 bits per heavy atom. The molecule has 3 rings (SSSR count). The van der Waals surface area contributed by atoms with Gasteiger partial charge in [0.2, 0.25) is 0 Å². The molecule has 0 spiro atoms. The van der Waals surface area contributed by atoms with E-state index in [1.807, 2.05) is 24.1 Å². The van der Waals surface area contributed by atoms with E-state index in [1.165, 1.54) is 17.7 Å². The Balaban J connectivity index is 1.43. The largest absolute Gasteiger partial charge is 0.492 e. The van der Waals surface area contributed by atoms with E-state index in [1.54, 1.807) is 7.05 Å². The van der Waals surface area contributed by atoms with Crippen molar-refractivity contribution < 1.29 is 17.9 Å². The van der Waals surface area contributed by atoms with E-state index < -0.39 is 11.7 Å². The lowest BCUT2D eigenvalue weighted by Gasteiger charge is -2.21. The van der Waals surface area contributed by atoms with Gasteiger partial charge in [-0.15, -0.1) is 0 Å². The molecule has 1 N–H and O–H groups in total. The van der Waals surface area contributed by atoms with E-state index in [4.69, 9.17) is 4.74 Å². The summed E-state index contributed by atoms with van der Waals surface area (Å²) in [5.41, 5.74) is 0.543. The van der Waals surface area contributed by atoms with Gasteiger partial charge in [-0.3, -0.25) is 9.67 Å². The van der Waals surface area contributed by atoms with Gasteiger partial charge in [0.25, 0.3) is 0 Å². The SMILES string of the molecule is CN=C(NCCOc1ccc(C(F)(F)F)cc1)N1CCC(c2cnn(C)c2)C1. The summed E-state index contributed by atoms with van der Waals surface area (Å²) in [4.78, 5) is 6.51. The zero-order chi connectivity index (χ0) is 20.1. The molecule has 0 radical (unpaired) electrons. The summed E-state index contributed by atoms with van der Waals surface area (Å²) in [5.74, 6) is 1.63.